The fourth-order valence-corrected chi connectivity index (χ4v) is 3.75. The molecule has 6 nitrogen and oxygen atoms in total. The number of carbonyl (C=O) groups is 1. The molecule has 0 saturated carbocycles. The van der Waals surface area contributed by atoms with Crippen molar-refractivity contribution in [1.82, 2.24) is 14.5 Å². The number of nitrogens with zero attached hydrogens (tertiary/aromatic N) is 3. The highest BCUT2D eigenvalue weighted by Gasteiger charge is 2.18. The minimum atomic E-state index is -0.514. The zero-order chi connectivity index (χ0) is 24.2. The lowest BCUT2D eigenvalue weighted by atomic mass is 10.1. The van der Waals surface area contributed by atoms with Crippen LogP contribution in [0.15, 0.2) is 102 Å². The smallest absolute Gasteiger partial charge is 0.261 e. The third-order valence-corrected chi connectivity index (χ3v) is 5.52. The molecule has 168 valence electrons. The quantitative estimate of drug-likeness (QED) is 0.398. The van der Waals surface area contributed by atoms with Gasteiger partial charge in [0.2, 0.25) is 5.43 Å². The van der Waals surface area contributed by atoms with Crippen molar-refractivity contribution < 1.29 is 4.79 Å². The molecule has 0 atom stereocenters. The molecule has 5 rings (SSSR count). The molecule has 5 aromatic rings. The molecule has 0 radical (unpaired) electrons. The number of amides is 1. The lowest BCUT2D eigenvalue weighted by Gasteiger charge is -2.15. The molecule has 0 unspecified atom stereocenters. The predicted octanol–water partition coefficient (Wildman–Crippen LogP) is 4.74. The van der Waals surface area contributed by atoms with Gasteiger partial charge in [-0.1, -0.05) is 36.1 Å². The van der Waals surface area contributed by atoms with Crippen LogP contribution in [0.3, 0.4) is 0 Å². The van der Waals surface area contributed by atoms with Crippen LogP contribution >= 0.6 is 0 Å². The van der Waals surface area contributed by atoms with Gasteiger partial charge in [0, 0.05) is 29.7 Å². The Morgan fingerprint density at radius 3 is 2.51 bits per heavy atom. The molecule has 0 aliphatic rings. The van der Waals surface area contributed by atoms with Crippen molar-refractivity contribution >= 4 is 22.6 Å². The molecule has 0 bridgehead atoms. The maximum atomic E-state index is 13.2. The van der Waals surface area contributed by atoms with E-state index in [0.717, 1.165) is 22.4 Å². The number of fused-ring (bicyclic) bond motifs is 1. The number of carbonyl (C=O) groups excluding carboxylic acids is 1. The van der Waals surface area contributed by atoms with E-state index in [0.29, 0.717) is 16.7 Å². The van der Waals surface area contributed by atoms with Gasteiger partial charge in [-0.25, -0.2) is 4.98 Å². The third kappa shape index (κ3) is 4.56. The van der Waals surface area contributed by atoms with E-state index in [1.807, 2.05) is 55.5 Å². The Balaban J connectivity index is 1.64. The van der Waals surface area contributed by atoms with Crippen LogP contribution in [-0.4, -0.2) is 20.4 Å². The summed E-state index contributed by atoms with van der Waals surface area (Å²) in [6.07, 6.45) is 6.31. The van der Waals surface area contributed by atoms with Crippen molar-refractivity contribution in [2.24, 2.45) is 0 Å². The molecule has 3 aromatic heterocycles. The van der Waals surface area contributed by atoms with Gasteiger partial charge < -0.3 is 5.32 Å². The van der Waals surface area contributed by atoms with Crippen LogP contribution in [0.4, 0.5) is 5.69 Å². The third-order valence-electron chi connectivity index (χ3n) is 5.52. The second-order valence-corrected chi connectivity index (χ2v) is 7.93. The van der Waals surface area contributed by atoms with Crippen LogP contribution in [0.2, 0.25) is 0 Å². The van der Waals surface area contributed by atoms with Crippen LogP contribution in [0.5, 0.6) is 0 Å². The SMILES string of the molecule is Cc1ccc(C#Cc2ccccc2)cc1-n1cc(C(=O)Nc2cccnc2)c(=O)c2cccnc21. The van der Waals surface area contributed by atoms with Gasteiger partial charge in [-0.3, -0.25) is 19.1 Å². The van der Waals surface area contributed by atoms with E-state index in [2.05, 4.69) is 27.1 Å². The summed E-state index contributed by atoms with van der Waals surface area (Å²) < 4.78 is 1.78. The van der Waals surface area contributed by atoms with Gasteiger partial charge in [-0.05, 0) is 61.0 Å². The Morgan fingerprint density at radius 1 is 0.914 bits per heavy atom. The lowest BCUT2D eigenvalue weighted by molar-refractivity contribution is 0.102. The molecular weight excluding hydrogens is 436 g/mol. The highest BCUT2D eigenvalue weighted by atomic mass is 16.2. The van der Waals surface area contributed by atoms with Crippen molar-refractivity contribution in [3.8, 4) is 17.5 Å². The number of pyridine rings is 3. The number of hydrogen-bond acceptors (Lipinski definition) is 4. The van der Waals surface area contributed by atoms with Gasteiger partial charge >= 0.3 is 0 Å². The van der Waals surface area contributed by atoms with Crippen LogP contribution in [-0.2, 0) is 0 Å². The summed E-state index contributed by atoms with van der Waals surface area (Å²) in [5.74, 6) is 5.85. The number of nitrogens with one attached hydrogen (secondary N) is 1. The molecule has 6 heteroatoms. The molecule has 1 N–H and O–H groups in total. The standard InChI is InChI=1S/C29H20N4O2/c1-20-11-12-22(14-13-21-7-3-2-4-8-21)17-26(20)33-19-25(27(34)24-10-6-16-31-28(24)33)29(35)32-23-9-5-15-30-18-23/h2-12,15-19H,1H3,(H,32,35). The van der Waals surface area contributed by atoms with Crippen LogP contribution in [0.1, 0.15) is 27.0 Å². The number of anilines is 1. The Bertz CT molecular complexity index is 1660. The Labute approximate surface area is 201 Å². The summed E-state index contributed by atoms with van der Waals surface area (Å²) in [4.78, 5) is 34.7. The zero-order valence-electron chi connectivity index (χ0n) is 18.9. The van der Waals surface area contributed by atoms with Gasteiger partial charge in [0.1, 0.15) is 11.2 Å². The highest BCUT2D eigenvalue weighted by molar-refractivity contribution is 6.05. The monoisotopic (exact) mass is 456 g/mol. The Morgan fingerprint density at radius 2 is 1.71 bits per heavy atom. The maximum Gasteiger partial charge on any atom is 0.261 e. The first-order valence-electron chi connectivity index (χ1n) is 11.0. The first-order chi connectivity index (χ1) is 17.1. The summed E-state index contributed by atoms with van der Waals surface area (Å²) in [6, 6.07) is 22.4. The van der Waals surface area contributed by atoms with Gasteiger partial charge in [0.25, 0.3) is 5.91 Å². The molecule has 0 saturated heterocycles. The predicted molar refractivity (Wildman–Crippen MR) is 137 cm³/mol. The normalized spacial score (nSPS) is 10.4. The largest absolute Gasteiger partial charge is 0.320 e. The number of hydrogen-bond donors (Lipinski definition) is 1. The van der Waals surface area contributed by atoms with Crippen LogP contribution in [0, 0.1) is 18.8 Å². The van der Waals surface area contributed by atoms with Crippen molar-refractivity contribution in [2.75, 3.05) is 5.32 Å². The fraction of sp³-hybridized carbons (Fsp3) is 0.0345. The van der Waals surface area contributed by atoms with Crippen LogP contribution < -0.4 is 10.7 Å². The molecule has 0 aliphatic heterocycles. The highest BCUT2D eigenvalue weighted by Crippen LogP contribution is 2.21. The molecule has 0 spiro atoms. The summed E-state index contributed by atoms with van der Waals surface area (Å²) in [5, 5.41) is 3.10. The average molecular weight is 457 g/mol. The van der Waals surface area contributed by atoms with E-state index < -0.39 is 5.91 Å². The second-order valence-electron chi connectivity index (χ2n) is 7.93. The van der Waals surface area contributed by atoms with E-state index in [4.69, 9.17) is 0 Å². The van der Waals surface area contributed by atoms with E-state index >= 15 is 0 Å². The first kappa shape index (κ1) is 21.8. The number of aryl methyl sites for hydroxylation is 1. The van der Waals surface area contributed by atoms with Gasteiger partial charge in [0.15, 0.2) is 0 Å². The van der Waals surface area contributed by atoms with Gasteiger partial charge in [-0.2, -0.15) is 0 Å². The van der Waals surface area contributed by atoms with Gasteiger partial charge in [0.05, 0.1) is 23.0 Å². The molecule has 35 heavy (non-hydrogen) atoms. The number of aromatic nitrogens is 3. The van der Waals surface area contributed by atoms with E-state index in [9.17, 15) is 9.59 Å². The van der Waals surface area contributed by atoms with Crippen molar-refractivity contribution in [2.45, 2.75) is 6.92 Å². The topological polar surface area (TPSA) is 76.9 Å². The second kappa shape index (κ2) is 9.46. The summed E-state index contributed by atoms with van der Waals surface area (Å²) in [7, 11) is 0. The molecule has 0 aliphatic carbocycles. The van der Waals surface area contributed by atoms with Gasteiger partial charge in [-0.15, -0.1) is 0 Å². The summed E-state index contributed by atoms with van der Waals surface area (Å²) >= 11 is 0. The Hall–Kier alpha value is -5.02. The van der Waals surface area contributed by atoms with E-state index in [1.165, 1.54) is 6.20 Å². The number of benzene rings is 2. The molecule has 2 aromatic carbocycles. The van der Waals surface area contributed by atoms with E-state index in [1.54, 1.807) is 47.4 Å². The summed E-state index contributed by atoms with van der Waals surface area (Å²) in [5.41, 5.74) is 4.04. The van der Waals surface area contributed by atoms with Crippen molar-refractivity contribution in [3.05, 3.63) is 130 Å². The molecule has 1 amide bonds. The summed E-state index contributed by atoms with van der Waals surface area (Å²) in [6.45, 7) is 1.96. The zero-order valence-corrected chi connectivity index (χ0v) is 18.9. The first-order valence-corrected chi connectivity index (χ1v) is 11.0. The van der Waals surface area contributed by atoms with Crippen molar-refractivity contribution in [1.29, 1.82) is 0 Å². The maximum absolute atomic E-state index is 13.2. The van der Waals surface area contributed by atoms with Crippen molar-refractivity contribution in [3.63, 3.8) is 0 Å². The van der Waals surface area contributed by atoms with E-state index in [-0.39, 0.29) is 11.0 Å². The molecular formula is C29H20N4O2. The minimum Gasteiger partial charge on any atom is -0.320 e. The lowest BCUT2D eigenvalue weighted by Crippen LogP contribution is -2.24. The molecule has 3 heterocycles. The fourth-order valence-electron chi connectivity index (χ4n) is 3.75. The number of rotatable bonds is 3. The van der Waals surface area contributed by atoms with Crippen LogP contribution in [0.25, 0.3) is 16.7 Å². The molecule has 0 fully saturated rings. The minimum absolute atomic E-state index is 0.00882. The average Bonchev–Trinajstić information content (AvgIpc) is 2.90. The Kier molecular flexibility index (Phi) is 5.89.